The number of benzene rings is 1. The number of β-lactam (4-membered cyclic amide) rings is 1. The standard InChI is InChI=1S/C17H21N3O4S/c1-20-14(21)9-15(20)25(23,24)19-17(22)18-16-12-6-2-4-10(12)8-11-5-3-7-13(11)16/h8,15H,2-7,9H2,1H3,(H2,18,19,22). The molecule has 3 aliphatic rings. The Hall–Kier alpha value is -2.09. The van der Waals surface area contributed by atoms with Crippen molar-refractivity contribution in [2.24, 2.45) is 0 Å². The Morgan fingerprint density at radius 3 is 2.24 bits per heavy atom. The number of aryl methyl sites for hydroxylation is 2. The molecular weight excluding hydrogens is 342 g/mol. The van der Waals surface area contributed by atoms with Gasteiger partial charge in [0, 0.05) is 12.7 Å². The lowest BCUT2D eigenvalue weighted by molar-refractivity contribution is -0.139. The van der Waals surface area contributed by atoms with Gasteiger partial charge in [-0.2, -0.15) is 0 Å². The van der Waals surface area contributed by atoms with Crippen LogP contribution in [0, 0.1) is 0 Å². The van der Waals surface area contributed by atoms with Crippen LogP contribution in [0.4, 0.5) is 10.5 Å². The van der Waals surface area contributed by atoms with Crippen LogP contribution in [0.1, 0.15) is 41.5 Å². The zero-order chi connectivity index (χ0) is 17.8. The average Bonchev–Trinajstić information content (AvgIpc) is 3.19. The van der Waals surface area contributed by atoms with Crippen LogP contribution < -0.4 is 10.0 Å². The Morgan fingerprint density at radius 1 is 1.12 bits per heavy atom. The predicted octanol–water partition coefficient (Wildman–Crippen LogP) is 1.30. The molecule has 0 spiro atoms. The minimum atomic E-state index is -3.91. The Bertz CT molecular complexity index is 846. The molecule has 2 N–H and O–H groups in total. The summed E-state index contributed by atoms with van der Waals surface area (Å²) in [5, 5.41) is 1.82. The second-order valence-electron chi connectivity index (χ2n) is 7.00. The number of fused-ring (bicyclic) bond motifs is 2. The Kier molecular flexibility index (Phi) is 3.75. The molecule has 8 heteroatoms. The van der Waals surface area contributed by atoms with E-state index >= 15 is 0 Å². The third-order valence-electron chi connectivity index (χ3n) is 5.48. The molecule has 4 rings (SSSR count). The highest BCUT2D eigenvalue weighted by atomic mass is 32.2. The number of hydrogen-bond acceptors (Lipinski definition) is 4. The zero-order valence-electron chi connectivity index (χ0n) is 14.1. The van der Waals surface area contributed by atoms with Crippen LogP contribution in [-0.4, -0.2) is 37.7 Å². The molecule has 1 aromatic rings. The molecule has 2 aliphatic carbocycles. The van der Waals surface area contributed by atoms with Crippen LogP contribution in [0.5, 0.6) is 0 Å². The third kappa shape index (κ3) is 2.68. The number of carbonyl (C=O) groups excluding carboxylic acids is 2. The maximum atomic E-state index is 12.4. The highest BCUT2D eigenvalue weighted by molar-refractivity contribution is 7.90. The fraction of sp³-hybridized carbons (Fsp3) is 0.529. The van der Waals surface area contributed by atoms with E-state index in [0.717, 1.165) is 60.2 Å². The van der Waals surface area contributed by atoms with Crippen LogP contribution >= 0.6 is 0 Å². The largest absolute Gasteiger partial charge is 0.332 e. The molecule has 1 heterocycles. The van der Waals surface area contributed by atoms with Crippen molar-refractivity contribution in [1.82, 2.24) is 9.62 Å². The topological polar surface area (TPSA) is 95.6 Å². The molecule has 0 bridgehead atoms. The smallest absolute Gasteiger partial charge is 0.327 e. The highest BCUT2D eigenvalue weighted by Gasteiger charge is 2.43. The molecule has 1 fully saturated rings. The van der Waals surface area contributed by atoms with Gasteiger partial charge in [0.05, 0.1) is 6.42 Å². The van der Waals surface area contributed by atoms with E-state index < -0.39 is 21.4 Å². The highest BCUT2D eigenvalue weighted by Crippen LogP contribution is 2.38. The second kappa shape index (κ2) is 5.72. The summed E-state index contributed by atoms with van der Waals surface area (Å²) in [5.41, 5.74) is 5.62. The van der Waals surface area contributed by atoms with Gasteiger partial charge >= 0.3 is 6.03 Å². The van der Waals surface area contributed by atoms with Crippen molar-refractivity contribution >= 4 is 27.6 Å². The van der Waals surface area contributed by atoms with Crippen LogP contribution in [-0.2, 0) is 40.5 Å². The molecule has 1 aliphatic heterocycles. The van der Waals surface area contributed by atoms with Crippen LogP contribution in [0.3, 0.4) is 0 Å². The molecule has 1 atom stereocenters. The van der Waals surface area contributed by atoms with E-state index in [0.29, 0.717) is 0 Å². The van der Waals surface area contributed by atoms with Gasteiger partial charge in [0.1, 0.15) is 0 Å². The number of urea groups is 1. The quantitative estimate of drug-likeness (QED) is 0.792. The van der Waals surface area contributed by atoms with Crippen LogP contribution in [0.15, 0.2) is 6.07 Å². The van der Waals surface area contributed by atoms with E-state index in [1.807, 2.05) is 0 Å². The Labute approximate surface area is 146 Å². The Morgan fingerprint density at radius 2 is 1.72 bits per heavy atom. The summed E-state index contributed by atoms with van der Waals surface area (Å²) in [7, 11) is -2.49. The summed E-state index contributed by atoms with van der Waals surface area (Å²) in [5.74, 6) is -0.241. The summed E-state index contributed by atoms with van der Waals surface area (Å²) in [4.78, 5) is 24.7. The molecule has 134 valence electrons. The molecule has 0 saturated carbocycles. The number of nitrogens with one attached hydrogen (secondary N) is 2. The lowest BCUT2D eigenvalue weighted by atomic mass is 9.99. The lowest BCUT2D eigenvalue weighted by Crippen LogP contribution is -2.58. The van der Waals surface area contributed by atoms with E-state index in [-0.39, 0.29) is 12.3 Å². The minimum absolute atomic E-state index is 0.0880. The molecule has 25 heavy (non-hydrogen) atoms. The first-order chi connectivity index (χ1) is 11.9. The van der Waals surface area contributed by atoms with Gasteiger partial charge in [-0.1, -0.05) is 6.07 Å². The maximum Gasteiger partial charge on any atom is 0.332 e. The number of hydrogen-bond donors (Lipinski definition) is 2. The number of sulfonamides is 1. The van der Waals surface area contributed by atoms with E-state index in [1.54, 1.807) is 0 Å². The number of amides is 3. The molecule has 7 nitrogen and oxygen atoms in total. The van der Waals surface area contributed by atoms with E-state index in [4.69, 9.17) is 0 Å². The average molecular weight is 363 g/mol. The van der Waals surface area contributed by atoms with Crippen LogP contribution in [0.2, 0.25) is 0 Å². The first-order valence-electron chi connectivity index (χ1n) is 8.61. The van der Waals surface area contributed by atoms with Gasteiger partial charge in [0.15, 0.2) is 5.37 Å². The lowest BCUT2D eigenvalue weighted by Gasteiger charge is -2.36. The van der Waals surface area contributed by atoms with Gasteiger partial charge in [-0.25, -0.2) is 17.9 Å². The number of nitrogens with zero attached hydrogens (tertiary/aromatic N) is 1. The summed E-state index contributed by atoms with van der Waals surface area (Å²) >= 11 is 0. The molecule has 1 saturated heterocycles. The molecular formula is C17H21N3O4S. The summed E-state index contributed by atoms with van der Waals surface area (Å²) in [6, 6.07) is 1.50. The van der Waals surface area contributed by atoms with Gasteiger partial charge in [-0.15, -0.1) is 0 Å². The van der Waals surface area contributed by atoms with Crippen molar-refractivity contribution in [3.63, 3.8) is 0 Å². The van der Waals surface area contributed by atoms with Crippen molar-refractivity contribution in [2.75, 3.05) is 12.4 Å². The molecule has 0 aromatic heterocycles. The van der Waals surface area contributed by atoms with Crippen molar-refractivity contribution < 1.29 is 18.0 Å². The number of rotatable bonds is 3. The monoisotopic (exact) mass is 363 g/mol. The van der Waals surface area contributed by atoms with Gasteiger partial charge in [0.25, 0.3) is 10.0 Å². The molecule has 1 unspecified atom stereocenters. The van der Waals surface area contributed by atoms with Crippen LogP contribution in [0.25, 0.3) is 0 Å². The molecule has 3 amide bonds. The van der Waals surface area contributed by atoms with Gasteiger partial charge in [0.2, 0.25) is 5.91 Å². The minimum Gasteiger partial charge on any atom is -0.327 e. The first kappa shape index (κ1) is 16.4. The van der Waals surface area contributed by atoms with E-state index in [9.17, 15) is 18.0 Å². The molecule has 1 aromatic carbocycles. The molecule has 0 radical (unpaired) electrons. The van der Waals surface area contributed by atoms with Crippen molar-refractivity contribution in [2.45, 2.75) is 50.3 Å². The van der Waals surface area contributed by atoms with Crippen molar-refractivity contribution in [3.8, 4) is 0 Å². The fourth-order valence-corrected chi connectivity index (χ4v) is 5.44. The maximum absolute atomic E-state index is 12.4. The SMILES string of the molecule is CN1C(=O)CC1S(=O)(=O)NC(=O)Nc1c2c(cc3c1CCC3)CCC2. The van der Waals surface area contributed by atoms with Crippen molar-refractivity contribution in [1.29, 1.82) is 0 Å². The van der Waals surface area contributed by atoms with E-state index in [2.05, 4.69) is 16.1 Å². The van der Waals surface area contributed by atoms with Gasteiger partial charge < -0.3 is 10.2 Å². The normalized spacial score (nSPS) is 21.6. The zero-order valence-corrected chi connectivity index (χ0v) is 14.9. The van der Waals surface area contributed by atoms with Gasteiger partial charge in [-0.05, 0) is 60.8 Å². The van der Waals surface area contributed by atoms with E-state index in [1.165, 1.54) is 18.2 Å². The number of likely N-dealkylation sites (tertiary alicyclic amines) is 1. The van der Waals surface area contributed by atoms with Crippen molar-refractivity contribution in [3.05, 3.63) is 28.3 Å². The fourth-order valence-electron chi connectivity index (χ4n) is 4.10. The summed E-state index contributed by atoms with van der Waals surface area (Å²) < 4.78 is 26.6. The first-order valence-corrected chi connectivity index (χ1v) is 10.2. The summed E-state index contributed by atoms with van der Waals surface area (Å²) in [6.07, 6.45) is 5.85. The second-order valence-corrected chi connectivity index (χ2v) is 8.84. The Balaban J connectivity index is 1.55. The summed E-state index contributed by atoms with van der Waals surface area (Å²) in [6.45, 7) is 0. The number of carbonyl (C=O) groups is 2. The number of anilines is 1. The van der Waals surface area contributed by atoms with Gasteiger partial charge in [-0.3, -0.25) is 4.79 Å². The predicted molar refractivity (Wildman–Crippen MR) is 92.7 cm³/mol. The third-order valence-corrected chi connectivity index (χ3v) is 7.15.